The normalized spacial score (nSPS) is 10.9. The molecule has 0 fully saturated rings. The number of amides is 1. The van der Waals surface area contributed by atoms with Gasteiger partial charge in [-0.05, 0) is 31.2 Å². The summed E-state index contributed by atoms with van der Waals surface area (Å²) in [6, 6.07) is 13.6. The van der Waals surface area contributed by atoms with Crippen LogP contribution in [0, 0.1) is 0 Å². The first kappa shape index (κ1) is 19.6. The fourth-order valence-corrected chi connectivity index (χ4v) is 3.25. The molecule has 7 nitrogen and oxygen atoms in total. The molecule has 8 heteroatoms. The molecule has 0 aliphatic carbocycles. The topological polar surface area (TPSA) is 84.9 Å². The highest BCUT2D eigenvalue weighted by molar-refractivity contribution is 7.92. The van der Waals surface area contributed by atoms with E-state index in [1.807, 2.05) is 0 Å². The number of benzene rings is 2. The van der Waals surface area contributed by atoms with Gasteiger partial charge in [0.25, 0.3) is 0 Å². The largest absolute Gasteiger partial charge is 0.495 e. The number of carbonyl (C=O) groups excluding carboxylic acids is 1. The first-order valence-corrected chi connectivity index (χ1v) is 9.84. The van der Waals surface area contributed by atoms with Crippen LogP contribution in [0.5, 0.6) is 11.5 Å². The van der Waals surface area contributed by atoms with Gasteiger partial charge in [-0.15, -0.1) is 0 Å². The van der Waals surface area contributed by atoms with Crippen molar-refractivity contribution >= 4 is 27.3 Å². The summed E-state index contributed by atoms with van der Waals surface area (Å²) in [6.07, 6.45) is 1.05. The first-order chi connectivity index (χ1) is 12.4. The van der Waals surface area contributed by atoms with Crippen molar-refractivity contribution in [2.24, 2.45) is 0 Å². The second-order valence-corrected chi connectivity index (χ2v) is 7.33. The summed E-state index contributed by atoms with van der Waals surface area (Å²) in [5.74, 6) is 0.387. The molecule has 2 aromatic carbocycles. The monoisotopic (exact) mass is 378 g/mol. The van der Waals surface area contributed by atoms with Gasteiger partial charge in [0.05, 0.1) is 31.3 Å². The van der Waals surface area contributed by atoms with E-state index in [1.165, 1.54) is 7.11 Å². The second kappa shape index (κ2) is 8.57. The zero-order valence-electron chi connectivity index (χ0n) is 14.9. The van der Waals surface area contributed by atoms with Crippen LogP contribution in [0.3, 0.4) is 0 Å². The van der Waals surface area contributed by atoms with E-state index in [2.05, 4.69) is 5.32 Å². The number of hydrogen-bond donors (Lipinski definition) is 1. The SMILES string of the molecule is CCOc1ccccc1N(CC(=O)Nc1ccccc1OC)S(C)(=O)=O. The highest BCUT2D eigenvalue weighted by Gasteiger charge is 2.24. The molecule has 2 aromatic rings. The zero-order chi connectivity index (χ0) is 19.2. The molecule has 0 saturated heterocycles. The Kier molecular flexibility index (Phi) is 6.46. The number of nitrogens with zero attached hydrogens (tertiary/aromatic N) is 1. The average molecular weight is 378 g/mol. The van der Waals surface area contributed by atoms with Gasteiger partial charge >= 0.3 is 0 Å². The number of hydrogen-bond acceptors (Lipinski definition) is 5. The van der Waals surface area contributed by atoms with Gasteiger partial charge in [0, 0.05) is 0 Å². The highest BCUT2D eigenvalue weighted by atomic mass is 32.2. The van der Waals surface area contributed by atoms with E-state index >= 15 is 0 Å². The molecule has 1 amide bonds. The quantitative estimate of drug-likeness (QED) is 0.763. The zero-order valence-corrected chi connectivity index (χ0v) is 15.7. The minimum absolute atomic E-state index is 0.312. The molecular weight excluding hydrogens is 356 g/mol. The standard InChI is InChI=1S/C18H22N2O5S/c1-4-25-17-12-8-6-10-15(17)20(26(3,22)23)13-18(21)19-14-9-5-7-11-16(14)24-2/h5-12H,4,13H2,1-3H3,(H,19,21). The molecule has 0 unspecified atom stereocenters. The third-order valence-corrected chi connectivity index (χ3v) is 4.63. The maximum Gasteiger partial charge on any atom is 0.245 e. The number of ether oxygens (including phenoxy) is 2. The van der Waals surface area contributed by atoms with Crippen molar-refractivity contribution in [2.45, 2.75) is 6.92 Å². The summed E-state index contributed by atoms with van der Waals surface area (Å²) >= 11 is 0. The van der Waals surface area contributed by atoms with E-state index in [9.17, 15) is 13.2 Å². The molecular formula is C18H22N2O5S. The number of para-hydroxylation sites is 4. The lowest BCUT2D eigenvalue weighted by atomic mass is 10.2. The predicted molar refractivity (Wildman–Crippen MR) is 101 cm³/mol. The summed E-state index contributed by atoms with van der Waals surface area (Å²) in [7, 11) is -2.21. The number of rotatable bonds is 8. The molecule has 0 aromatic heterocycles. The van der Waals surface area contributed by atoms with Crippen LogP contribution in [0.2, 0.25) is 0 Å². The van der Waals surface area contributed by atoms with E-state index in [-0.39, 0.29) is 6.54 Å². The predicted octanol–water partition coefficient (Wildman–Crippen LogP) is 2.50. The Morgan fingerprint density at radius 1 is 1.08 bits per heavy atom. The van der Waals surface area contributed by atoms with Crippen molar-refractivity contribution < 1.29 is 22.7 Å². The van der Waals surface area contributed by atoms with Crippen LogP contribution in [0.25, 0.3) is 0 Å². The molecule has 0 spiro atoms. The van der Waals surface area contributed by atoms with Crippen LogP contribution in [0.4, 0.5) is 11.4 Å². The molecule has 0 heterocycles. The molecule has 140 valence electrons. The van der Waals surface area contributed by atoms with Gasteiger partial charge in [-0.1, -0.05) is 24.3 Å². The van der Waals surface area contributed by atoms with Crippen molar-refractivity contribution in [3.05, 3.63) is 48.5 Å². The summed E-state index contributed by atoms with van der Waals surface area (Å²) in [5, 5.41) is 2.67. The molecule has 0 radical (unpaired) electrons. The maximum atomic E-state index is 12.5. The van der Waals surface area contributed by atoms with Crippen LogP contribution in [0.15, 0.2) is 48.5 Å². The third kappa shape index (κ3) is 4.89. The van der Waals surface area contributed by atoms with Gasteiger partial charge in [-0.25, -0.2) is 8.42 Å². The Morgan fingerprint density at radius 2 is 1.69 bits per heavy atom. The fraction of sp³-hybridized carbons (Fsp3) is 0.278. The van der Waals surface area contributed by atoms with Gasteiger partial charge in [0.15, 0.2) is 0 Å². The average Bonchev–Trinajstić information content (AvgIpc) is 2.60. The van der Waals surface area contributed by atoms with Crippen molar-refractivity contribution in [2.75, 3.05) is 36.1 Å². The first-order valence-electron chi connectivity index (χ1n) is 7.99. The number of methoxy groups -OCH3 is 1. The highest BCUT2D eigenvalue weighted by Crippen LogP contribution is 2.30. The number of anilines is 2. The van der Waals surface area contributed by atoms with Crippen molar-refractivity contribution in [3.63, 3.8) is 0 Å². The third-order valence-electron chi connectivity index (χ3n) is 3.50. The van der Waals surface area contributed by atoms with E-state index < -0.39 is 15.9 Å². The van der Waals surface area contributed by atoms with Gasteiger partial charge in [-0.3, -0.25) is 9.10 Å². The molecule has 2 rings (SSSR count). The Hall–Kier alpha value is -2.74. The van der Waals surface area contributed by atoms with Gasteiger partial charge in [0.1, 0.15) is 18.0 Å². The summed E-state index contributed by atoms with van der Waals surface area (Å²) in [5.41, 5.74) is 0.776. The van der Waals surface area contributed by atoms with Crippen molar-refractivity contribution in [3.8, 4) is 11.5 Å². The number of carbonyl (C=O) groups is 1. The Balaban J connectivity index is 2.28. The van der Waals surface area contributed by atoms with E-state index in [0.29, 0.717) is 29.5 Å². The van der Waals surface area contributed by atoms with Gasteiger partial charge in [-0.2, -0.15) is 0 Å². The Bertz CT molecular complexity index is 867. The maximum absolute atomic E-state index is 12.5. The Morgan fingerprint density at radius 3 is 2.31 bits per heavy atom. The summed E-state index contributed by atoms with van der Waals surface area (Å²) in [6.45, 7) is 1.79. The van der Waals surface area contributed by atoms with E-state index in [0.717, 1.165) is 10.6 Å². The lowest BCUT2D eigenvalue weighted by molar-refractivity contribution is -0.114. The smallest absolute Gasteiger partial charge is 0.245 e. The van der Waals surface area contributed by atoms with Gasteiger partial charge in [0.2, 0.25) is 15.9 Å². The van der Waals surface area contributed by atoms with Crippen LogP contribution in [-0.4, -0.2) is 40.8 Å². The van der Waals surface area contributed by atoms with Crippen LogP contribution in [-0.2, 0) is 14.8 Å². The molecule has 0 aliphatic heterocycles. The minimum atomic E-state index is -3.70. The molecule has 0 bridgehead atoms. The lowest BCUT2D eigenvalue weighted by Gasteiger charge is -2.24. The molecule has 0 atom stereocenters. The summed E-state index contributed by atoms with van der Waals surface area (Å²) in [4.78, 5) is 12.5. The van der Waals surface area contributed by atoms with Crippen LogP contribution in [0.1, 0.15) is 6.92 Å². The number of nitrogens with one attached hydrogen (secondary N) is 1. The second-order valence-electron chi connectivity index (χ2n) is 5.42. The fourth-order valence-electron chi connectivity index (χ4n) is 2.39. The van der Waals surface area contributed by atoms with Gasteiger partial charge < -0.3 is 14.8 Å². The van der Waals surface area contributed by atoms with E-state index in [4.69, 9.17) is 9.47 Å². The van der Waals surface area contributed by atoms with Crippen LogP contribution < -0.4 is 19.1 Å². The molecule has 0 aliphatic rings. The molecule has 26 heavy (non-hydrogen) atoms. The lowest BCUT2D eigenvalue weighted by Crippen LogP contribution is -2.37. The van der Waals surface area contributed by atoms with Crippen LogP contribution >= 0.6 is 0 Å². The summed E-state index contributed by atoms with van der Waals surface area (Å²) < 4.78 is 36.2. The van der Waals surface area contributed by atoms with Crippen molar-refractivity contribution in [1.82, 2.24) is 0 Å². The molecule has 0 saturated carbocycles. The van der Waals surface area contributed by atoms with Crippen molar-refractivity contribution in [1.29, 1.82) is 0 Å². The number of sulfonamides is 1. The minimum Gasteiger partial charge on any atom is -0.495 e. The molecule has 1 N–H and O–H groups in total. The van der Waals surface area contributed by atoms with E-state index in [1.54, 1.807) is 55.5 Å². The Labute approximate surface area is 153 Å².